The molecule has 0 saturated heterocycles. The van der Waals surface area contributed by atoms with Crippen LogP contribution in [0.4, 0.5) is 5.69 Å². The van der Waals surface area contributed by atoms with Crippen LogP contribution < -0.4 is 5.73 Å². The van der Waals surface area contributed by atoms with E-state index in [1.807, 2.05) is 0 Å². The van der Waals surface area contributed by atoms with Crippen molar-refractivity contribution in [3.8, 4) is 0 Å². The molecule has 2 amide bonds. The molecule has 2 heterocycles. The minimum Gasteiger partial charge on any atom is -0.399 e. The zero-order valence-corrected chi connectivity index (χ0v) is 9.16. The Morgan fingerprint density at radius 3 is 2.72 bits per heavy atom. The SMILES string of the molecule is Nc1ccc2c(c1)C(=O)N(Cc1ncon1)C2=O. The molecule has 0 unspecified atom stereocenters. The van der Waals surface area contributed by atoms with E-state index in [0.29, 0.717) is 16.8 Å². The van der Waals surface area contributed by atoms with Crippen molar-refractivity contribution >= 4 is 17.5 Å². The van der Waals surface area contributed by atoms with Crippen LogP contribution in [0.5, 0.6) is 0 Å². The van der Waals surface area contributed by atoms with Gasteiger partial charge in [0.15, 0.2) is 5.82 Å². The van der Waals surface area contributed by atoms with Gasteiger partial charge >= 0.3 is 0 Å². The summed E-state index contributed by atoms with van der Waals surface area (Å²) in [5, 5.41) is 3.57. The van der Waals surface area contributed by atoms with Crippen LogP contribution in [0.25, 0.3) is 0 Å². The van der Waals surface area contributed by atoms with Crippen molar-refractivity contribution in [3.05, 3.63) is 41.5 Å². The Kier molecular flexibility index (Phi) is 2.12. The Balaban J connectivity index is 1.97. The number of hydrogen-bond acceptors (Lipinski definition) is 6. The molecular formula is C11H8N4O3. The molecule has 90 valence electrons. The number of hydrogen-bond donors (Lipinski definition) is 1. The van der Waals surface area contributed by atoms with Gasteiger partial charge in [-0.2, -0.15) is 4.98 Å². The molecule has 1 aromatic heterocycles. The molecule has 2 N–H and O–H groups in total. The predicted molar refractivity (Wildman–Crippen MR) is 59.4 cm³/mol. The number of carbonyl (C=O) groups is 2. The summed E-state index contributed by atoms with van der Waals surface area (Å²) in [6, 6.07) is 4.62. The molecule has 0 radical (unpaired) electrons. The van der Waals surface area contributed by atoms with Crippen LogP contribution in [0, 0.1) is 0 Å². The van der Waals surface area contributed by atoms with E-state index >= 15 is 0 Å². The van der Waals surface area contributed by atoms with E-state index in [2.05, 4.69) is 14.7 Å². The van der Waals surface area contributed by atoms with Gasteiger partial charge in [0.2, 0.25) is 6.39 Å². The first-order valence-electron chi connectivity index (χ1n) is 5.18. The minimum atomic E-state index is -0.396. The number of benzene rings is 1. The number of nitrogen functional groups attached to an aromatic ring is 1. The summed E-state index contributed by atoms with van der Waals surface area (Å²) >= 11 is 0. The molecule has 0 spiro atoms. The quantitative estimate of drug-likeness (QED) is 0.607. The van der Waals surface area contributed by atoms with E-state index in [0.717, 1.165) is 11.3 Å². The molecule has 7 nitrogen and oxygen atoms in total. The Labute approximate surface area is 101 Å². The van der Waals surface area contributed by atoms with Crippen molar-refractivity contribution in [2.45, 2.75) is 6.54 Å². The van der Waals surface area contributed by atoms with Gasteiger partial charge in [0.05, 0.1) is 17.7 Å². The van der Waals surface area contributed by atoms with Gasteiger partial charge in [-0.1, -0.05) is 5.16 Å². The van der Waals surface area contributed by atoms with Gasteiger partial charge < -0.3 is 10.3 Å². The van der Waals surface area contributed by atoms with Crippen molar-refractivity contribution in [2.75, 3.05) is 5.73 Å². The molecule has 3 rings (SSSR count). The lowest BCUT2D eigenvalue weighted by molar-refractivity contribution is 0.0637. The second-order valence-corrected chi connectivity index (χ2v) is 3.85. The highest BCUT2D eigenvalue weighted by Crippen LogP contribution is 2.25. The van der Waals surface area contributed by atoms with E-state index in [9.17, 15) is 9.59 Å². The molecule has 0 atom stereocenters. The van der Waals surface area contributed by atoms with Crippen LogP contribution in [-0.4, -0.2) is 26.9 Å². The van der Waals surface area contributed by atoms with E-state index in [1.165, 1.54) is 6.07 Å². The lowest BCUT2D eigenvalue weighted by Gasteiger charge is -2.10. The average molecular weight is 244 g/mol. The third-order valence-corrected chi connectivity index (χ3v) is 2.70. The number of nitrogens with zero attached hydrogens (tertiary/aromatic N) is 3. The minimum absolute atomic E-state index is 0.0112. The van der Waals surface area contributed by atoms with Gasteiger partial charge in [0.1, 0.15) is 0 Å². The van der Waals surface area contributed by atoms with Gasteiger partial charge in [0, 0.05) is 5.69 Å². The maximum Gasteiger partial charge on any atom is 0.262 e. The number of aromatic nitrogens is 2. The normalized spacial score (nSPS) is 14.1. The molecule has 0 saturated carbocycles. The number of nitrogens with two attached hydrogens (primary N) is 1. The Hall–Kier alpha value is -2.70. The van der Waals surface area contributed by atoms with Gasteiger partial charge in [-0.3, -0.25) is 14.5 Å². The maximum absolute atomic E-state index is 12.0. The maximum atomic E-state index is 12.0. The second-order valence-electron chi connectivity index (χ2n) is 3.85. The fraction of sp³-hybridized carbons (Fsp3) is 0.0909. The van der Waals surface area contributed by atoms with Gasteiger partial charge in [-0.15, -0.1) is 0 Å². The lowest BCUT2D eigenvalue weighted by atomic mass is 10.1. The third-order valence-electron chi connectivity index (χ3n) is 2.70. The van der Waals surface area contributed by atoms with Crippen molar-refractivity contribution < 1.29 is 14.1 Å². The number of anilines is 1. The molecule has 0 aliphatic carbocycles. The largest absolute Gasteiger partial charge is 0.399 e. The Morgan fingerprint density at radius 2 is 2.00 bits per heavy atom. The van der Waals surface area contributed by atoms with Gasteiger partial charge in [-0.05, 0) is 18.2 Å². The highest BCUT2D eigenvalue weighted by Gasteiger charge is 2.36. The van der Waals surface area contributed by atoms with Crippen LogP contribution in [0.2, 0.25) is 0 Å². The van der Waals surface area contributed by atoms with Crippen LogP contribution in [0.3, 0.4) is 0 Å². The second kappa shape index (κ2) is 3.66. The van der Waals surface area contributed by atoms with Crippen LogP contribution in [0.15, 0.2) is 29.1 Å². The molecule has 1 aliphatic heterocycles. The average Bonchev–Trinajstić information content (AvgIpc) is 2.93. The van der Waals surface area contributed by atoms with E-state index < -0.39 is 5.91 Å². The van der Waals surface area contributed by atoms with Crippen molar-refractivity contribution in [1.29, 1.82) is 0 Å². The Morgan fingerprint density at radius 1 is 1.22 bits per heavy atom. The topological polar surface area (TPSA) is 102 Å². The van der Waals surface area contributed by atoms with E-state index in [4.69, 9.17) is 5.73 Å². The molecule has 2 aromatic rings. The lowest BCUT2D eigenvalue weighted by Crippen LogP contribution is -2.29. The Bertz CT molecular complexity index is 636. The fourth-order valence-electron chi connectivity index (χ4n) is 1.86. The van der Waals surface area contributed by atoms with E-state index in [1.54, 1.807) is 12.1 Å². The highest BCUT2D eigenvalue weighted by molar-refractivity contribution is 6.21. The van der Waals surface area contributed by atoms with Crippen molar-refractivity contribution in [1.82, 2.24) is 15.0 Å². The van der Waals surface area contributed by atoms with Crippen LogP contribution in [-0.2, 0) is 6.54 Å². The molecule has 1 aromatic carbocycles. The fourth-order valence-corrected chi connectivity index (χ4v) is 1.86. The van der Waals surface area contributed by atoms with Crippen LogP contribution >= 0.6 is 0 Å². The molecular weight excluding hydrogens is 236 g/mol. The number of rotatable bonds is 2. The summed E-state index contributed by atoms with van der Waals surface area (Å²) in [5.41, 5.74) is 6.69. The number of carbonyl (C=O) groups excluding carboxylic acids is 2. The number of imide groups is 1. The number of fused-ring (bicyclic) bond motifs is 1. The van der Waals surface area contributed by atoms with Crippen molar-refractivity contribution in [2.24, 2.45) is 0 Å². The van der Waals surface area contributed by atoms with Gasteiger partial charge in [0.25, 0.3) is 11.8 Å². The molecule has 0 fully saturated rings. The summed E-state index contributed by atoms with van der Waals surface area (Å²) in [5.74, 6) is -0.496. The molecule has 0 bridgehead atoms. The molecule has 1 aliphatic rings. The monoisotopic (exact) mass is 244 g/mol. The first-order valence-corrected chi connectivity index (χ1v) is 5.18. The standard InChI is InChI=1S/C11H8N4O3/c12-6-1-2-7-8(3-6)11(17)15(10(7)16)4-9-13-5-18-14-9/h1-3,5H,4,12H2. The first kappa shape index (κ1) is 10.5. The smallest absolute Gasteiger partial charge is 0.262 e. The zero-order chi connectivity index (χ0) is 12.7. The molecule has 7 heteroatoms. The summed E-state index contributed by atoms with van der Waals surface area (Å²) in [6.45, 7) is -0.0112. The predicted octanol–water partition coefficient (Wildman–Crippen LogP) is 0.448. The number of amides is 2. The third kappa shape index (κ3) is 1.45. The van der Waals surface area contributed by atoms with E-state index in [-0.39, 0.29) is 18.3 Å². The first-order chi connectivity index (χ1) is 8.66. The van der Waals surface area contributed by atoms with Gasteiger partial charge in [-0.25, -0.2) is 0 Å². The summed E-state index contributed by atoms with van der Waals surface area (Å²) < 4.78 is 4.56. The molecule has 18 heavy (non-hydrogen) atoms. The van der Waals surface area contributed by atoms with Crippen LogP contribution in [0.1, 0.15) is 26.5 Å². The summed E-state index contributed by atoms with van der Waals surface area (Å²) in [4.78, 5) is 28.9. The summed E-state index contributed by atoms with van der Waals surface area (Å²) in [7, 11) is 0. The van der Waals surface area contributed by atoms with Crippen molar-refractivity contribution in [3.63, 3.8) is 0 Å². The zero-order valence-electron chi connectivity index (χ0n) is 9.16. The summed E-state index contributed by atoms with van der Waals surface area (Å²) in [6.07, 6.45) is 1.14. The highest BCUT2D eigenvalue weighted by atomic mass is 16.5.